The average molecular weight is 282 g/mol. The molecule has 0 aromatic carbocycles. The molecule has 0 atom stereocenters. The fourth-order valence-electron chi connectivity index (χ4n) is 2.15. The number of aliphatic carboxylic acids is 1. The normalized spacial score (nSPS) is 15.7. The Bertz CT molecular complexity index is 370. The number of amides is 2. The molecule has 1 aliphatic heterocycles. The van der Waals surface area contributed by atoms with Crippen LogP contribution in [-0.4, -0.2) is 65.8 Å². The van der Waals surface area contributed by atoms with Crippen molar-refractivity contribution >= 4 is 12.0 Å². The molecule has 0 bridgehead atoms. The van der Waals surface area contributed by atoms with Crippen LogP contribution in [0.15, 0.2) is 0 Å². The number of carboxylic acids is 1. The monoisotopic (exact) mass is 282 g/mol. The molecule has 0 spiro atoms. The number of carbonyl (C=O) groups excluding carboxylic acids is 1. The maximum absolute atomic E-state index is 12.2. The summed E-state index contributed by atoms with van der Waals surface area (Å²) in [7, 11) is 0. The van der Waals surface area contributed by atoms with Crippen LogP contribution < -0.4 is 0 Å². The molecule has 112 valence electrons. The maximum atomic E-state index is 12.2. The molecule has 0 radical (unpaired) electrons. The van der Waals surface area contributed by atoms with Crippen LogP contribution in [0.1, 0.15) is 26.2 Å². The molecule has 0 aromatic heterocycles. The van der Waals surface area contributed by atoms with Gasteiger partial charge in [0.1, 0.15) is 0 Å². The second kappa shape index (κ2) is 8.43. The Morgan fingerprint density at radius 2 is 2.10 bits per heavy atom. The zero-order valence-corrected chi connectivity index (χ0v) is 11.9. The number of ether oxygens (including phenoxy) is 1. The van der Waals surface area contributed by atoms with E-state index in [4.69, 9.17) is 16.3 Å². The molecule has 1 heterocycles. The Balaban J connectivity index is 2.32. The number of nitrogens with zero attached hydrogens (tertiary/aromatic N) is 2. The minimum Gasteiger partial charge on any atom is -0.481 e. The molecule has 1 rings (SSSR count). The van der Waals surface area contributed by atoms with Crippen molar-refractivity contribution in [3.8, 4) is 12.3 Å². The van der Waals surface area contributed by atoms with E-state index in [-0.39, 0.29) is 25.2 Å². The molecule has 0 unspecified atom stereocenters. The van der Waals surface area contributed by atoms with E-state index in [2.05, 4.69) is 5.92 Å². The molecular formula is C14H22N2O4. The highest BCUT2D eigenvalue weighted by molar-refractivity contribution is 5.74. The van der Waals surface area contributed by atoms with Gasteiger partial charge in [0.15, 0.2) is 0 Å². The summed E-state index contributed by atoms with van der Waals surface area (Å²) in [5.41, 5.74) is 0. The molecule has 0 aliphatic carbocycles. The van der Waals surface area contributed by atoms with E-state index < -0.39 is 5.97 Å². The largest absolute Gasteiger partial charge is 0.481 e. The summed E-state index contributed by atoms with van der Waals surface area (Å²) in [6, 6.07) is -0.0329. The number of hydrogen-bond donors (Lipinski definition) is 1. The lowest BCUT2D eigenvalue weighted by molar-refractivity contribution is -0.138. The maximum Gasteiger partial charge on any atom is 0.320 e. The van der Waals surface area contributed by atoms with Crippen LogP contribution in [0.5, 0.6) is 0 Å². The Hall–Kier alpha value is -1.74. The summed E-state index contributed by atoms with van der Waals surface area (Å²) in [6.45, 7) is 4.29. The first-order valence-electron chi connectivity index (χ1n) is 6.89. The highest BCUT2D eigenvalue weighted by Crippen LogP contribution is 2.15. The highest BCUT2D eigenvalue weighted by Gasteiger charge is 2.25. The van der Waals surface area contributed by atoms with E-state index in [0.29, 0.717) is 26.2 Å². The van der Waals surface area contributed by atoms with Crippen molar-refractivity contribution in [3.05, 3.63) is 0 Å². The van der Waals surface area contributed by atoms with E-state index >= 15 is 0 Å². The van der Waals surface area contributed by atoms with Gasteiger partial charge < -0.3 is 19.6 Å². The minimum absolute atomic E-state index is 0.0188. The predicted molar refractivity (Wildman–Crippen MR) is 74.3 cm³/mol. The van der Waals surface area contributed by atoms with Crippen molar-refractivity contribution in [2.75, 3.05) is 32.8 Å². The number of urea groups is 1. The van der Waals surface area contributed by atoms with Gasteiger partial charge in [-0.25, -0.2) is 4.79 Å². The van der Waals surface area contributed by atoms with Gasteiger partial charge in [-0.05, 0) is 19.8 Å². The first-order chi connectivity index (χ1) is 9.58. The molecule has 0 aromatic rings. The van der Waals surface area contributed by atoms with Gasteiger partial charge in [0.25, 0.3) is 0 Å². The standard InChI is InChI=1S/C14H22N2O4/c1-3-8-15(4-2)14(19)16-9-5-12(6-10-16)20-11-7-13(17)18/h1,12H,4-11H2,2H3,(H,17,18). The average Bonchev–Trinajstić information content (AvgIpc) is 2.44. The van der Waals surface area contributed by atoms with Gasteiger partial charge in [-0.15, -0.1) is 6.42 Å². The second-order valence-corrected chi connectivity index (χ2v) is 4.70. The summed E-state index contributed by atoms with van der Waals surface area (Å²) in [5.74, 6) is 1.63. The predicted octanol–water partition coefficient (Wildman–Crippen LogP) is 1.02. The fraction of sp³-hybridized carbons (Fsp3) is 0.714. The van der Waals surface area contributed by atoms with Crippen molar-refractivity contribution in [2.45, 2.75) is 32.3 Å². The third kappa shape index (κ3) is 5.10. The number of carboxylic acid groups (broad SMARTS) is 1. The number of terminal acetylenes is 1. The van der Waals surface area contributed by atoms with E-state index in [0.717, 1.165) is 12.8 Å². The van der Waals surface area contributed by atoms with Gasteiger partial charge in [0, 0.05) is 19.6 Å². The lowest BCUT2D eigenvalue weighted by Crippen LogP contribution is -2.48. The van der Waals surface area contributed by atoms with Gasteiger partial charge in [-0.3, -0.25) is 4.79 Å². The Morgan fingerprint density at radius 1 is 1.45 bits per heavy atom. The van der Waals surface area contributed by atoms with Crippen molar-refractivity contribution in [2.24, 2.45) is 0 Å². The van der Waals surface area contributed by atoms with Gasteiger partial charge >= 0.3 is 12.0 Å². The SMILES string of the molecule is C#CCN(CC)C(=O)N1CCC(OCCC(=O)O)CC1. The first kappa shape index (κ1) is 16.3. The van der Waals surface area contributed by atoms with Gasteiger partial charge in [0.2, 0.25) is 0 Å². The molecule has 1 aliphatic rings. The minimum atomic E-state index is -0.856. The molecule has 20 heavy (non-hydrogen) atoms. The number of carbonyl (C=O) groups is 2. The lowest BCUT2D eigenvalue weighted by atomic mass is 10.1. The Kier molecular flexibility index (Phi) is 6.88. The fourth-order valence-corrected chi connectivity index (χ4v) is 2.15. The molecule has 1 saturated heterocycles. The second-order valence-electron chi connectivity index (χ2n) is 4.70. The number of likely N-dealkylation sites (tertiary alicyclic amines) is 1. The van der Waals surface area contributed by atoms with Gasteiger partial charge in [-0.1, -0.05) is 5.92 Å². The van der Waals surface area contributed by atoms with Crippen molar-refractivity contribution in [1.29, 1.82) is 0 Å². The summed E-state index contributed by atoms with van der Waals surface area (Å²) >= 11 is 0. The summed E-state index contributed by atoms with van der Waals surface area (Å²) in [5, 5.41) is 8.54. The zero-order chi connectivity index (χ0) is 15.0. The first-order valence-corrected chi connectivity index (χ1v) is 6.89. The topological polar surface area (TPSA) is 70.1 Å². The van der Waals surface area contributed by atoms with E-state index in [9.17, 15) is 9.59 Å². The smallest absolute Gasteiger partial charge is 0.320 e. The Morgan fingerprint density at radius 3 is 2.60 bits per heavy atom. The van der Waals surface area contributed by atoms with Crippen molar-refractivity contribution in [1.82, 2.24) is 9.80 Å². The Labute approximate surface area is 119 Å². The third-order valence-electron chi connectivity index (χ3n) is 3.32. The number of rotatable bonds is 6. The van der Waals surface area contributed by atoms with Crippen LogP contribution in [0.3, 0.4) is 0 Å². The summed E-state index contributed by atoms with van der Waals surface area (Å²) < 4.78 is 5.49. The van der Waals surface area contributed by atoms with E-state index in [1.807, 2.05) is 6.92 Å². The van der Waals surface area contributed by atoms with Crippen LogP contribution in [0.2, 0.25) is 0 Å². The third-order valence-corrected chi connectivity index (χ3v) is 3.32. The van der Waals surface area contributed by atoms with Crippen molar-refractivity contribution < 1.29 is 19.4 Å². The molecule has 2 amide bonds. The molecule has 1 fully saturated rings. The van der Waals surface area contributed by atoms with Gasteiger partial charge in [0.05, 0.1) is 25.7 Å². The van der Waals surface area contributed by atoms with Crippen LogP contribution in [0.25, 0.3) is 0 Å². The highest BCUT2D eigenvalue weighted by atomic mass is 16.5. The van der Waals surface area contributed by atoms with Crippen LogP contribution in [0, 0.1) is 12.3 Å². The molecule has 0 saturated carbocycles. The molecule has 1 N–H and O–H groups in total. The van der Waals surface area contributed by atoms with Crippen molar-refractivity contribution in [3.63, 3.8) is 0 Å². The van der Waals surface area contributed by atoms with E-state index in [1.165, 1.54) is 0 Å². The summed E-state index contributed by atoms with van der Waals surface area (Å²) in [4.78, 5) is 26.0. The quantitative estimate of drug-likeness (QED) is 0.738. The zero-order valence-electron chi connectivity index (χ0n) is 11.9. The molecule has 6 nitrogen and oxygen atoms in total. The summed E-state index contributed by atoms with van der Waals surface area (Å²) in [6.07, 6.45) is 6.77. The van der Waals surface area contributed by atoms with Crippen LogP contribution in [0.4, 0.5) is 4.79 Å². The van der Waals surface area contributed by atoms with Crippen LogP contribution in [-0.2, 0) is 9.53 Å². The van der Waals surface area contributed by atoms with Crippen LogP contribution >= 0.6 is 0 Å². The lowest BCUT2D eigenvalue weighted by Gasteiger charge is -2.34. The number of hydrogen-bond acceptors (Lipinski definition) is 3. The van der Waals surface area contributed by atoms with Gasteiger partial charge in [-0.2, -0.15) is 0 Å². The molecule has 6 heteroatoms. The number of piperidine rings is 1. The van der Waals surface area contributed by atoms with E-state index in [1.54, 1.807) is 9.80 Å². The molecular weight excluding hydrogens is 260 g/mol.